The van der Waals surface area contributed by atoms with Gasteiger partial charge in [0.05, 0.1) is 0 Å². The summed E-state index contributed by atoms with van der Waals surface area (Å²) in [5.41, 5.74) is -3.22. The van der Waals surface area contributed by atoms with Gasteiger partial charge in [0.1, 0.15) is 0 Å². The Kier molecular flexibility index (Phi) is 6.57. The minimum absolute atomic E-state index is 0.0863. The topological polar surface area (TPSA) is 193 Å². The molecule has 2 radical (unpaired) electrons. The molecule has 13 nitrogen and oxygen atoms in total. The average molecular weight is 363 g/mol. The summed E-state index contributed by atoms with van der Waals surface area (Å²) < 4.78 is 17.6. The second-order valence-corrected chi connectivity index (χ2v) is 4.09. The van der Waals surface area contributed by atoms with Crippen LogP contribution < -0.4 is 16.6 Å². The predicted octanol–water partition coefficient (Wildman–Crippen LogP) is -2.02. The maximum absolute atomic E-state index is 13.7. The van der Waals surface area contributed by atoms with E-state index in [1.165, 1.54) is 6.82 Å². The van der Waals surface area contributed by atoms with Crippen LogP contribution >= 0.6 is 0 Å². The molecule has 0 spiro atoms. The van der Waals surface area contributed by atoms with Crippen LogP contribution in [0, 0.1) is 22.0 Å². The van der Waals surface area contributed by atoms with E-state index in [1.807, 2.05) is 0 Å². The van der Waals surface area contributed by atoms with E-state index >= 15 is 0 Å². The Bertz CT molecular complexity index is 952. The summed E-state index contributed by atoms with van der Waals surface area (Å²) in [6.07, 6.45) is -1.22. The van der Waals surface area contributed by atoms with E-state index in [0.29, 0.717) is 0 Å². The number of hydrogen-bond acceptors (Lipinski definition) is 10. The summed E-state index contributed by atoms with van der Waals surface area (Å²) in [6, 6.07) is 0. The van der Waals surface area contributed by atoms with Crippen LogP contribution in [0.2, 0.25) is 6.82 Å². The number of halogens is 1. The van der Waals surface area contributed by atoms with Gasteiger partial charge in [0, 0.05) is 0 Å². The average Bonchev–Trinajstić information content (AvgIpc) is 2.54. The number of aromatic nitrogens is 2. The Morgan fingerprint density at radius 1 is 1.35 bits per heavy atom. The molecule has 0 unspecified atom stereocenters. The summed E-state index contributed by atoms with van der Waals surface area (Å²) in [4.78, 5) is 50.8. The third-order valence-electron chi connectivity index (χ3n) is 2.37. The standard InChI is InChI=1S/C10H8B2FN7O6/c1-12-18-26-6(22)4(14)20-5(21)3(13)2-19(10(20)24)8(16)17-9(23)25-7(11)15/h2,14-15H,1H3,(H2,16,17,23). The molecule has 0 bridgehead atoms. The fourth-order valence-corrected chi connectivity index (χ4v) is 1.40. The first-order valence-electron chi connectivity index (χ1n) is 6.34. The quantitative estimate of drug-likeness (QED) is 0.192. The van der Waals surface area contributed by atoms with Crippen molar-refractivity contribution in [3.8, 4) is 0 Å². The van der Waals surface area contributed by atoms with E-state index in [-0.39, 0.29) is 15.3 Å². The summed E-state index contributed by atoms with van der Waals surface area (Å²) in [5.74, 6) is -6.73. The second kappa shape index (κ2) is 8.41. The molecular weight excluding hydrogens is 355 g/mol. The van der Waals surface area contributed by atoms with Crippen molar-refractivity contribution in [1.82, 2.24) is 14.5 Å². The molecule has 0 saturated heterocycles. The Morgan fingerprint density at radius 2 is 1.96 bits per heavy atom. The van der Waals surface area contributed by atoms with Crippen LogP contribution in [0.25, 0.3) is 0 Å². The molecule has 0 aliphatic carbocycles. The van der Waals surface area contributed by atoms with E-state index in [0.717, 1.165) is 7.07 Å². The minimum atomic E-state index is -1.67. The molecule has 1 aromatic heterocycles. The number of hydrogen-bond donors (Lipinski definition) is 4. The summed E-state index contributed by atoms with van der Waals surface area (Å²) in [6.45, 7) is 1.37. The van der Waals surface area contributed by atoms with E-state index in [4.69, 9.17) is 24.1 Å². The third kappa shape index (κ3) is 4.65. The number of amides is 1. The molecule has 26 heavy (non-hydrogen) atoms. The molecular formula is C10H8B2FN7O6. The van der Waals surface area contributed by atoms with Crippen LogP contribution in [0.15, 0.2) is 20.8 Å². The van der Waals surface area contributed by atoms with Crippen molar-refractivity contribution in [2.75, 3.05) is 0 Å². The zero-order valence-electron chi connectivity index (χ0n) is 12.9. The summed E-state index contributed by atoms with van der Waals surface area (Å²) >= 11 is 0. The fourth-order valence-electron chi connectivity index (χ4n) is 1.40. The van der Waals surface area contributed by atoms with Crippen LogP contribution in [0.4, 0.5) is 9.18 Å². The van der Waals surface area contributed by atoms with Gasteiger partial charge in [0.15, 0.2) is 7.85 Å². The number of carbonyl (C=O) groups is 2. The number of rotatable bonds is 1. The molecule has 0 aliphatic rings. The molecule has 16 heteroatoms. The molecule has 1 heterocycles. The molecule has 0 aromatic carbocycles. The van der Waals surface area contributed by atoms with Gasteiger partial charge in [0.2, 0.25) is 0 Å². The van der Waals surface area contributed by atoms with Crippen molar-refractivity contribution in [3.05, 3.63) is 32.9 Å². The van der Waals surface area contributed by atoms with Crippen molar-refractivity contribution < 1.29 is 23.6 Å². The third-order valence-corrected chi connectivity index (χ3v) is 2.37. The van der Waals surface area contributed by atoms with Crippen LogP contribution in [0.3, 0.4) is 0 Å². The maximum atomic E-state index is 13.7. The second-order valence-electron chi connectivity index (χ2n) is 4.09. The van der Waals surface area contributed by atoms with Crippen molar-refractivity contribution in [1.29, 1.82) is 16.2 Å². The molecule has 0 aliphatic heterocycles. The van der Waals surface area contributed by atoms with E-state index in [1.54, 1.807) is 5.32 Å². The predicted molar refractivity (Wildman–Crippen MR) is 84.4 cm³/mol. The fraction of sp³-hybridized carbons (Fsp3) is 0.100. The van der Waals surface area contributed by atoms with E-state index < -0.39 is 46.7 Å². The molecule has 1 amide bonds. The molecule has 1 rings (SSSR count). The van der Waals surface area contributed by atoms with Gasteiger partial charge in [-0.15, -0.1) is 0 Å². The zero-order valence-corrected chi connectivity index (χ0v) is 12.9. The van der Waals surface area contributed by atoms with Crippen LogP contribution in [-0.2, 0) is 14.4 Å². The van der Waals surface area contributed by atoms with Crippen molar-refractivity contribution >= 4 is 44.6 Å². The zero-order chi connectivity index (χ0) is 20.0. The molecule has 0 saturated carbocycles. The summed E-state index contributed by atoms with van der Waals surface area (Å²) in [5, 5.41) is 26.4. The molecule has 0 fully saturated rings. The molecule has 132 valence electrons. The van der Waals surface area contributed by atoms with E-state index in [2.05, 4.69) is 14.6 Å². The Balaban J connectivity index is 3.34. The van der Waals surface area contributed by atoms with Crippen LogP contribution in [0.5, 0.6) is 0 Å². The van der Waals surface area contributed by atoms with Crippen LogP contribution in [0.1, 0.15) is 0 Å². The van der Waals surface area contributed by atoms with Gasteiger partial charge < -0.3 is 0 Å². The van der Waals surface area contributed by atoms with Gasteiger partial charge in [-0.25, -0.2) is 0 Å². The van der Waals surface area contributed by atoms with Crippen molar-refractivity contribution in [3.63, 3.8) is 0 Å². The summed E-state index contributed by atoms with van der Waals surface area (Å²) in [7, 11) is 5.81. The SMILES string of the molecule is [B]C(=N)OC(=O)NC(=N)n1cc(F)c(=O)n(C(=N)C(=O)ON=BC)c1=O. The first-order valence-corrected chi connectivity index (χ1v) is 6.34. The monoisotopic (exact) mass is 363 g/mol. The number of nitrogens with one attached hydrogen (secondary N) is 4. The number of nitrogens with zero attached hydrogens (tertiary/aromatic N) is 3. The van der Waals surface area contributed by atoms with E-state index in [9.17, 15) is 23.6 Å². The van der Waals surface area contributed by atoms with Crippen LogP contribution in [-0.4, -0.2) is 53.7 Å². The first-order chi connectivity index (χ1) is 12.1. The Hall–Kier alpha value is -3.71. The van der Waals surface area contributed by atoms with Crippen molar-refractivity contribution in [2.24, 2.45) is 5.06 Å². The molecule has 0 atom stereocenters. The van der Waals surface area contributed by atoms with Crippen molar-refractivity contribution in [2.45, 2.75) is 6.82 Å². The molecule has 1 aromatic rings. The van der Waals surface area contributed by atoms with Gasteiger partial charge in [-0.2, -0.15) is 0 Å². The number of alkyl carbamates (subject to hydrolysis) is 1. The van der Waals surface area contributed by atoms with Gasteiger partial charge in [-0.05, 0) is 0 Å². The first kappa shape index (κ1) is 20.3. The number of carbonyl (C=O) groups excluding carboxylic acids is 2. The van der Waals surface area contributed by atoms with Gasteiger partial charge in [-0.3, -0.25) is 5.41 Å². The number of ether oxygens (including phenoxy) is 1. The normalized spacial score (nSPS) is 9.92. The van der Waals surface area contributed by atoms with Gasteiger partial charge in [-0.1, -0.05) is 0 Å². The van der Waals surface area contributed by atoms with Gasteiger partial charge in [0.25, 0.3) is 0 Å². The van der Waals surface area contributed by atoms with Gasteiger partial charge >= 0.3 is 130 Å². The Labute approximate surface area is 144 Å². The molecule has 4 N–H and O–H groups in total. The Morgan fingerprint density at radius 3 is 2.50 bits per heavy atom.